The second kappa shape index (κ2) is 9.00. The SMILES string of the molecule is CN(C)CCNC(=O)c1c(NC(=O)C2CCCCC2)sc2c1CCCC2. The Hall–Kier alpha value is -1.40. The maximum Gasteiger partial charge on any atom is 0.254 e. The van der Waals surface area contributed by atoms with Crippen LogP contribution in [0.15, 0.2) is 0 Å². The summed E-state index contributed by atoms with van der Waals surface area (Å²) in [6, 6.07) is 0. The van der Waals surface area contributed by atoms with E-state index in [1.807, 2.05) is 14.1 Å². The Kier molecular flexibility index (Phi) is 6.70. The van der Waals surface area contributed by atoms with E-state index in [1.54, 1.807) is 11.3 Å². The first-order chi connectivity index (χ1) is 12.6. The summed E-state index contributed by atoms with van der Waals surface area (Å²) in [4.78, 5) is 28.9. The van der Waals surface area contributed by atoms with Crippen molar-refractivity contribution >= 4 is 28.2 Å². The molecule has 0 spiro atoms. The third-order valence-corrected chi connectivity index (χ3v) is 6.66. The highest BCUT2D eigenvalue weighted by Crippen LogP contribution is 2.38. The summed E-state index contributed by atoms with van der Waals surface area (Å²) in [5, 5.41) is 6.93. The lowest BCUT2D eigenvalue weighted by Gasteiger charge is -2.20. The van der Waals surface area contributed by atoms with E-state index in [0.29, 0.717) is 6.54 Å². The molecule has 2 aliphatic rings. The maximum absolute atomic E-state index is 12.9. The van der Waals surface area contributed by atoms with Crippen molar-refractivity contribution < 1.29 is 9.59 Å². The Balaban J connectivity index is 1.76. The highest BCUT2D eigenvalue weighted by Gasteiger charge is 2.28. The molecule has 0 aromatic carbocycles. The van der Waals surface area contributed by atoms with Crippen LogP contribution in [-0.4, -0.2) is 43.9 Å². The largest absolute Gasteiger partial charge is 0.351 e. The van der Waals surface area contributed by atoms with Crippen molar-refractivity contribution in [2.45, 2.75) is 57.8 Å². The lowest BCUT2D eigenvalue weighted by molar-refractivity contribution is -0.120. The van der Waals surface area contributed by atoms with Gasteiger partial charge in [0.15, 0.2) is 0 Å². The summed E-state index contributed by atoms with van der Waals surface area (Å²) in [6.45, 7) is 1.42. The van der Waals surface area contributed by atoms with Crippen molar-refractivity contribution in [3.8, 4) is 0 Å². The van der Waals surface area contributed by atoms with E-state index in [2.05, 4.69) is 15.5 Å². The minimum atomic E-state index is -0.0369. The summed E-state index contributed by atoms with van der Waals surface area (Å²) in [6.07, 6.45) is 9.72. The number of thiophene rings is 1. The van der Waals surface area contributed by atoms with Crippen LogP contribution in [-0.2, 0) is 17.6 Å². The molecule has 0 unspecified atom stereocenters. The highest BCUT2D eigenvalue weighted by atomic mass is 32.1. The average Bonchev–Trinajstić information content (AvgIpc) is 2.99. The molecule has 0 aliphatic heterocycles. The first-order valence-electron chi connectivity index (χ1n) is 9.94. The van der Waals surface area contributed by atoms with Gasteiger partial charge in [-0.25, -0.2) is 0 Å². The van der Waals surface area contributed by atoms with Crippen LogP contribution in [0.1, 0.15) is 65.7 Å². The first kappa shape index (κ1) is 19.4. The van der Waals surface area contributed by atoms with Crippen LogP contribution in [0.3, 0.4) is 0 Å². The van der Waals surface area contributed by atoms with Gasteiger partial charge in [-0.15, -0.1) is 11.3 Å². The van der Waals surface area contributed by atoms with Gasteiger partial charge in [0, 0.05) is 23.9 Å². The van der Waals surface area contributed by atoms with Gasteiger partial charge < -0.3 is 15.5 Å². The molecule has 3 rings (SSSR count). The zero-order chi connectivity index (χ0) is 18.5. The van der Waals surface area contributed by atoms with Crippen LogP contribution in [0.2, 0.25) is 0 Å². The van der Waals surface area contributed by atoms with Gasteiger partial charge >= 0.3 is 0 Å². The Morgan fingerprint density at radius 1 is 1.08 bits per heavy atom. The number of likely N-dealkylation sites (N-methyl/N-ethyl adjacent to an activating group) is 1. The topological polar surface area (TPSA) is 61.4 Å². The fourth-order valence-electron chi connectivity index (χ4n) is 3.95. The van der Waals surface area contributed by atoms with E-state index in [-0.39, 0.29) is 17.7 Å². The highest BCUT2D eigenvalue weighted by molar-refractivity contribution is 7.17. The van der Waals surface area contributed by atoms with Crippen LogP contribution in [0, 0.1) is 5.92 Å². The van der Waals surface area contributed by atoms with E-state index in [4.69, 9.17) is 0 Å². The number of hydrogen-bond acceptors (Lipinski definition) is 4. The lowest BCUT2D eigenvalue weighted by atomic mass is 9.88. The molecule has 0 radical (unpaired) electrons. The average molecular weight is 378 g/mol. The predicted molar refractivity (Wildman–Crippen MR) is 107 cm³/mol. The van der Waals surface area contributed by atoms with Gasteiger partial charge in [0.1, 0.15) is 5.00 Å². The molecule has 1 aromatic heterocycles. The summed E-state index contributed by atoms with van der Waals surface area (Å²) in [5.74, 6) is 0.170. The summed E-state index contributed by atoms with van der Waals surface area (Å²) in [7, 11) is 3.99. The van der Waals surface area contributed by atoms with Crippen molar-refractivity contribution in [3.63, 3.8) is 0 Å². The minimum Gasteiger partial charge on any atom is -0.351 e. The van der Waals surface area contributed by atoms with E-state index in [9.17, 15) is 9.59 Å². The molecule has 1 heterocycles. The van der Waals surface area contributed by atoms with Crippen molar-refractivity contribution in [1.29, 1.82) is 0 Å². The number of carbonyl (C=O) groups excluding carboxylic acids is 2. The second-order valence-corrected chi connectivity index (χ2v) is 8.90. The van der Waals surface area contributed by atoms with Crippen molar-refractivity contribution in [1.82, 2.24) is 10.2 Å². The van der Waals surface area contributed by atoms with Gasteiger partial charge in [0.05, 0.1) is 5.56 Å². The molecule has 5 nitrogen and oxygen atoms in total. The minimum absolute atomic E-state index is 0.0369. The van der Waals surface area contributed by atoms with Gasteiger partial charge in [-0.2, -0.15) is 0 Å². The summed E-state index contributed by atoms with van der Waals surface area (Å²) < 4.78 is 0. The number of anilines is 1. The Morgan fingerprint density at radius 3 is 2.54 bits per heavy atom. The third kappa shape index (κ3) is 4.65. The molecule has 0 atom stereocenters. The van der Waals surface area contributed by atoms with Crippen LogP contribution in [0.4, 0.5) is 5.00 Å². The Morgan fingerprint density at radius 2 is 1.81 bits per heavy atom. The molecule has 26 heavy (non-hydrogen) atoms. The van der Waals surface area contributed by atoms with Gasteiger partial charge in [-0.3, -0.25) is 9.59 Å². The summed E-state index contributed by atoms with van der Waals surface area (Å²) in [5.41, 5.74) is 1.90. The van der Waals surface area contributed by atoms with Gasteiger partial charge in [-0.05, 0) is 58.2 Å². The fourth-order valence-corrected chi connectivity index (χ4v) is 5.24. The van der Waals surface area contributed by atoms with E-state index >= 15 is 0 Å². The van der Waals surface area contributed by atoms with E-state index in [0.717, 1.165) is 62.1 Å². The number of fused-ring (bicyclic) bond motifs is 1. The lowest BCUT2D eigenvalue weighted by Crippen LogP contribution is -2.32. The Labute approximate surface area is 160 Å². The quantitative estimate of drug-likeness (QED) is 0.798. The molecule has 0 bridgehead atoms. The van der Waals surface area contributed by atoms with Crippen molar-refractivity contribution in [2.75, 3.05) is 32.5 Å². The van der Waals surface area contributed by atoms with Crippen LogP contribution in [0.25, 0.3) is 0 Å². The molecule has 6 heteroatoms. The maximum atomic E-state index is 12.9. The van der Waals surface area contributed by atoms with Crippen LogP contribution in [0.5, 0.6) is 0 Å². The number of amides is 2. The van der Waals surface area contributed by atoms with E-state index in [1.165, 1.54) is 23.3 Å². The number of hydrogen-bond donors (Lipinski definition) is 2. The zero-order valence-corrected chi connectivity index (χ0v) is 16.8. The van der Waals surface area contributed by atoms with Crippen molar-refractivity contribution in [2.24, 2.45) is 5.92 Å². The molecule has 1 saturated carbocycles. The number of carbonyl (C=O) groups is 2. The first-order valence-corrected chi connectivity index (χ1v) is 10.8. The zero-order valence-electron chi connectivity index (χ0n) is 16.0. The summed E-state index contributed by atoms with van der Waals surface area (Å²) >= 11 is 1.62. The van der Waals surface area contributed by atoms with Gasteiger partial charge in [0.25, 0.3) is 5.91 Å². The van der Waals surface area contributed by atoms with Crippen molar-refractivity contribution in [3.05, 3.63) is 16.0 Å². The smallest absolute Gasteiger partial charge is 0.254 e. The van der Waals surface area contributed by atoms with Crippen LogP contribution >= 0.6 is 11.3 Å². The molecular weight excluding hydrogens is 346 g/mol. The predicted octanol–water partition coefficient (Wildman–Crippen LogP) is 3.44. The van der Waals surface area contributed by atoms with Gasteiger partial charge in [-0.1, -0.05) is 19.3 Å². The Bertz CT molecular complexity index is 648. The molecule has 1 fully saturated rings. The fraction of sp³-hybridized carbons (Fsp3) is 0.700. The monoisotopic (exact) mass is 377 g/mol. The molecule has 144 valence electrons. The van der Waals surface area contributed by atoms with Crippen LogP contribution < -0.4 is 10.6 Å². The number of rotatable bonds is 6. The number of nitrogens with one attached hydrogen (secondary N) is 2. The van der Waals surface area contributed by atoms with E-state index < -0.39 is 0 Å². The number of aryl methyl sites for hydroxylation is 1. The third-order valence-electron chi connectivity index (χ3n) is 5.46. The number of nitrogens with zero attached hydrogens (tertiary/aromatic N) is 1. The standard InChI is InChI=1S/C20H31N3O2S/c1-23(2)13-12-21-19(25)17-15-10-6-7-11-16(15)26-20(17)22-18(24)14-8-4-3-5-9-14/h14H,3-13H2,1-2H3,(H,21,25)(H,22,24). The normalized spacial score (nSPS) is 17.8. The molecule has 1 aromatic rings. The second-order valence-electron chi connectivity index (χ2n) is 7.80. The molecule has 0 saturated heterocycles. The van der Waals surface area contributed by atoms with Gasteiger partial charge in [0.2, 0.25) is 5.91 Å². The molecular formula is C20H31N3O2S. The molecule has 2 N–H and O–H groups in total. The molecule has 2 amide bonds. The molecule has 2 aliphatic carbocycles.